The van der Waals surface area contributed by atoms with Gasteiger partial charge in [-0.1, -0.05) is 20.8 Å². The van der Waals surface area contributed by atoms with Crippen molar-refractivity contribution >= 4 is 5.91 Å². The predicted octanol–water partition coefficient (Wildman–Crippen LogP) is 2.25. The van der Waals surface area contributed by atoms with Crippen molar-refractivity contribution in [3.8, 4) is 0 Å². The fraction of sp³-hybridized carbons (Fsp3) is 0.692. The molecular weight excluding hydrogens is 230 g/mol. The van der Waals surface area contributed by atoms with Gasteiger partial charge in [0.05, 0.1) is 6.04 Å². The summed E-state index contributed by atoms with van der Waals surface area (Å²) in [5.41, 5.74) is 6.24. The maximum Gasteiger partial charge on any atom is 0.273 e. The normalized spacial score (nSPS) is 14.6. The lowest BCUT2D eigenvalue weighted by molar-refractivity contribution is 0.0934. The Balaban J connectivity index is 2.65. The van der Waals surface area contributed by atoms with Gasteiger partial charge in [0.25, 0.3) is 5.91 Å². The number of aromatic nitrogens is 1. The van der Waals surface area contributed by atoms with Crippen LogP contribution in [0.25, 0.3) is 0 Å². The Bertz CT molecular complexity index is 387. The van der Waals surface area contributed by atoms with Crippen molar-refractivity contribution in [1.29, 1.82) is 0 Å². The molecule has 0 saturated heterocycles. The number of hydrogen-bond acceptors (Lipinski definition) is 4. The van der Waals surface area contributed by atoms with E-state index in [4.69, 9.17) is 10.2 Å². The molecule has 0 aromatic carbocycles. The number of carbonyl (C=O) groups is 1. The van der Waals surface area contributed by atoms with E-state index in [0.29, 0.717) is 17.5 Å². The summed E-state index contributed by atoms with van der Waals surface area (Å²) in [6.45, 7) is 8.12. The zero-order valence-corrected chi connectivity index (χ0v) is 11.6. The van der Waals surface area contributed by atoms with Gasteiger partial charge in [0.15, 0.2) is 5.69 Å². The molecule has 0 aliphatic heterocycles. The Kier molecular flexibility index (Phi) is 5.34. The summed E-state index contributed by atoms with van der Waals surface area (Å²) in [6, 6.07) is -0.128. The maximum atomic E-state index is 11.8. The van der Waals surface area contributed by atoms with Gasteiger partial charge in [-0.2, -0.15) is 0 Å². The summed E-state index contributed by atoms with van der Waals surface area (Å²) < 4.78 is 5.27. The van der Waals surface area contributed by atoms with Crippen molar-refractivity contribution in [3.63, 3.8) is 0 Å². The van der Waals surface area contributed by atoms with E-state index in [2.05, 4.69) is 24.1 Å². The summed E-state index contributed by atoms with van der Waals surface area (Å²) in [7, 11) is 0. The molecule has 1 aromatic rings. The molecular formula is C13H23N3O2. The van der Waals surface area contributed by atoms with Crippen LogP contribution in [-0.4, -0.2) is 16.9 Å². The minimum Gasteiger partial charge on any atom is -0.446 e. The number of oxazole rings is 1. The molecule has 1 rings (SSSR count). The zero-order chi connectivity index (χ0) is 13.7. The van der Waals surface area contributed by atoms with Crippen LogP contribution in [-0.2, 0) is 0 Å². The molecule has 0 aliphatic carbocycles. The first-order valence-electron chi connectivity index (χ1n) is 6.45. The molecule has 0 radical (unpaired) electrons. The molecule has 102 valence electrons. The molecule has 18 heavy (non-hydrogen) atoms. The summed E-state index contributed by atoms with van der Waals surface area (Å²) in [5, 5.41) is 2.84. The van der Waals surface area contributed by atoms with Crippen LogP contribution in [0.4, 0.5) is 0 Å². The molecule has 0 fully saturated rings. The van der Waals surface area contributed by atoms with Crippen LogP contribution < -0.4 is 11.1 Å². The van der Waals surface area contributed by atoms with Crippen LogP contribution in [0.1, 0.15) is 63.0 Å². The van der Waals surface area contributed by atoms with E-state index in [0.717, 1.165) is 12.8 Å². The topological polar surface area (TPSA) is 81.2 Å². The fourth-order valence-corrected chi connectivity index (χ4v) is 1.57. The number of carbonyl (C=O) groups excluding carboxylic acids is 1. The van der Waals surface area contributed by atoms with Gasteiger partial charge in [-0.25, -0.2) is 4.98 Å². The van der Waals surface area contributed by atoms with E-state index >= 15 is 0 Å². The summed E-state index contributed by atoms with van der Waals surface area (Å²) in [6.07, 6.45) is 3.03. The second kappa shape index (κ2) is 6.54. The van der Waals surface area contributed by atoms with E-state index in [1.807, 2.05) is 13.8 Å². The van der Waals surface area contributed by atoms with Gasteiger partial charge in [-0.3, -0.25) is 4.79 Å². The fourth-order valence-electron chi connectivity index (χ4n) is 1.57. The van der Waals surface area contributed by atoms with E-state index in [-0.39, 0.29) is 18.0 Å². The largest absolute Gasteiger partial charge is 0.446 e. The summed E-state index contributed by atoms with van der Waals surface area (Å²) >= 11 is 0. The van der Waals surface area contributed by atoms with Crippen LogP contribution in [0.2, 0.25) is 0 Å². The van der Waals surface area contributed by atoms with E-state index in [1.165, 1.54) is 6.26 Å². The predicted molar refractivity (Wildman–Crippen MR) is 70.1 cm³/mol. The van der Waals surface area contributed by atoms with Gasteiger partial charge in [-0.05, 0) is 25.7 Å². The van der Waals surface area contributed by atoms with Crippen LogP contribution >= 0.6 is 0 Å². The van der Waals surface area contributed by atoms with Crippen molar-refractivity contribution in [1.82, 2.24) is 10.3 Å². The minimum absolute atomic E-state index is 0.127. The van der Waals surface area contributed by atoms with Crippen molar-refractivity contribution in [3.05, 3.63) is 17.8 Å². The first-order chi connectivity index (χ1) is 8.43. The highest BCUT2D eigenvalue weighted by Gasteiger charge is 2.18. The number of amides is 1. The van der Waals surface area contributed by atoms with Crippen molar-refractivity contribution in [2.45, 2.75) is 52.6 Å². The number of nitrogens with one attached hydrogen (secondary N) is 1. The highest BCUT2D eigenvalue weighted by atomic mass is 16.3. The van der Waals surface area contributed by atoms with Gasteiger partial charge in [0.2, 0.25) is 5.89 Å². The minimum atomic E-state index is -0.254. The molecule has 0 aliphatic rings. The number of nitrogens with zero attached hydrogens (tertiary/aromatic N) is 1. The molecule has 3 N–H and O–H groups in total. The van der Waals surface area contributed by atoms with Crippen LogP contribution in [0, 0.1) is 5.92 Å². The second-order valence-corrected chi connectivity index (χ2v) is 5.09. The molecule has 1 heterocycles. The Hall–Kier alpha value is -1.36. The van der Waals surface area contributed by atoms with Gasteiger partial charge >= 0.3 is 0 Å². The second-order valence-electron chi connectivity index (χ2n) is 5.09. The molecule has 5 nitrogen and oxygen atoms in total. The average Bonchev–Trinajstić information content (AvgIpc) is 2.77. The lowest BCUT2D eigenvalue weighted by atomic mass is 10.0. The molecule has 0 bridgehead atoms. The van der Waals surface area contributed by atoms with Gasteiger partial charge in [0, 0.05) is 6.04 Å². The molecule has 1 amide bonds. The van der Waals surface area contributed by atoms with Gasteiger partial charge in [-0.15, -0.1) is 0 Å². The van der Waals surface area contributed by atoms with Gasteiger partial charge in [0.1, 0.15) is 6.26 Å². The Morgan fingerprint density at radius 1 is 1.50 bits per heavy atom. The molecule has 2 atom stereocenters. The van der Waals surface area contributed by atoms with E-state index in [1.54, 1.807) is 0 Å². The third-order valence-electron chi connectivity index (χ3n) is 2.79. The summed E-state index contributed by atoms with van der Waals surface area (Å²) in [4.78, 5) is 15.9. The summed E-state index contributed by atoms with van der Waals surface area (Å²) in [5.74, 6) is 0.679. The van der Waals surface area contributed by atoms with E-state index in [9.17, 15) is 4.79 Å². The Morgan fingerprint density at radius 3 is 2.72 bits per heavy atom. The quantitative estimate of drug-likeness (QED) is 0.814. The highest BCUT2D eigenvalue weighted by molar-refractivity contribution is 5.92. The Morgan fingerprint density at radius 2 is 2.17 bits per heavy atom. The lowest BCUT2D eigenvalue weighted by Gasteiger charge is -2.10. The third-order valence-corrected chi connectivity index (χ3v) is 2.79. The van der Waals surface area contributed by atoms with Crippen LogP contribution in [0.15, 0.2) is 10.7 Å². The van der Waals surface area contributed by atoms with Crippen LogP contribution in [0.5, 0.6) is 0 Å². The highest BCUT2D eigenvalue weighted by Crippen LogP contribution is 2.18. The first-order valence-corrected chi connectivity index (χ1v) is 6.45. The monoisotopic (exact) mass is 253 g/mol. The molecule has 2 unspecified atom stereocenters. The van der Waals surface area contributed by atoms with E-state index < -0.39 is 0 Å². The molecule has 0 saturated carbocycles. The third kappa shape index (κ3) is 4.14. The van der Waals surface area contributed by atoms with Crippen molar-refractivity contribution in [2.75, 3.05) is 0 Å². The molecule has 5 heteroatoms. The van der Waals surface area contributed by atoms with Crippen molar-refractivity contribution < 1.29 is 9.21 Å². The molecule has 0 spiro atoms. The first kappa shape index (κ1) is 14.7. The zero-order valence-electron chi connectivity index (χ0n) is 11.6. The SMILES string of the molecule is CCC(C)NC(=O)c1coc(C(N)CC(C)C)n1. The number of hydrogen-bond donors (Lipinski definition) is 2. The maximum absolute atomic E-state index is 11.8. The van der Waals surface area contributed by atoms with Gasteiger partial charge < -0.3 is 15.5 Å². The number of rotatable bonds is 6. The Labute approximate surface area is 108 Å². The van der Waals surface area contributed by atoms with Crippen molar-refractivity contribution in [2.24, 2.45) is 11.7 Å². The smallest absolute Gasteiger partial charge is 0.273 e. The lowest BCUT2D eigenvalue weighted by Crippen LogP contribution is -2.32. The number of nitrogens with two attached hydrogens (primary N) is 1. The van der Waals surface area contributed by atoms with Crippen LogP contribution in [0.3, 0.4) is 0 Å². The average molecular weight is 253 g/mol. The standard InChI is InChI=1S/C13H23N3O2/c1-5-9(4)15-12(17)11-7-18-13(16-11)10(14)6-8(2)3/h7-10H,5-6,14H2,1-4H3,(H,15,17). The molecule has 1 aromatic heterocycles.